The fourth-order valence-corrected chi connectivity index (χ4v) is 9.70. The molecule has 2 aliphatic rings. The van der Waals surface area contributed by atoms with Gasteiger partial charge in [0.25, 0.3) is 11.8 Å². The summed E-state index contributed by atoms with van der Waals surface area (Å²) >= 11 is 1.47. The van der Waals surface area contributed by atoms with E-state index in [1.165, 1.54) is 16.2 Å². The summed E-state index contributed by atoms with van der Waals surface area (Å²) < 4.78 is 14.4. The first kappa shape index (κ1) is 42.4. The maximum Gasteiger partial charge on any atom is 0.261 e. The molecule has 2 aromatic heterocycles. The molecule has 1 unspecified atom stereocenters. The van der Waals surface area contributed by atoms with Crippen LogP contribution in [0.15, 0.2) is 77.9 Å². The molecule has 5 aromatic rings. The van der Waals surface area contributed by atoms with E-state index in [0.29, 0.717) is 53.6 Å². The van der Waals surface area contributed by atoms with Crippen LogP contribution in [0.2, 0.25) is 0 Å². The second-order valence-electron chi connectivity index (χ2n) is 14.6. The highest BCUT2D eigenvalue weighted by molar-refractivity contribution is 8.77. The van der Waals surface area contributed by atoms with Gasteiger partial charge in [0.2, 0.25) is 12.3 Å². The van der Waals surface area contributed by atoms with Crippen LogP contribution < -0.4 is 29.9 Å². The van der Waals surface area contributed by atoms with Gasteiger partial charge in [-0.1, -0.05) is 39.8 Å². The smallest absolute Gasteiger partial charge is 0.261 e. The number of carbonyl (C=O) groups excluding carboxylic acids is 4. The van der Waals surface area contributed by atoms with Crippen molar-refractivity contribution in [2.45, 2.75) is 50.8 Å². The van der Waals surface area contributed by atoms with E-state index >= 15 is 0 Å². The van der Waals surface area contributed by atoms with Gasteiger partial charge < -0.3 is 29.6 Å². The molecule has 1 atom stereocenters. The van der Waals surface area contributed by atoms with Crippen molar-refractivity contribution in [2.75, 3.05) is 48.7 Å². The molecule has 0 saturated heterocycles. The number of aliphatic imine (C=N–C) groups is 1. The molecule has 2 N–H and O–H groups in total. The summed E-state index contributed by atoms with van der Waals surface area (Å²) in [6.45, 7) is 7.15. The number of ether oxygens (including phenoxy) is 2. The molecule has 3 aromatic carbocycles. The number of amides is 4. The highest BCUT2D eigenvalue weighted by Gasteiger charge is 2.36. The summed E-state index contributed by atoms with van der Waals surface area (Å²) in [4.78, 5) is 57.6. The number of hydrogen-bond donors (Lipinski definition) is 2. The van der Waals surface area contributed by atoms with Crippen molar-refractivity contribution in [1.82, 2.24) is 9.88 Å². The standard InChI is InChI=1S/C27H28N4O4.C16H20N2O2S3/c1-17-11-19(16-30(17)2)29-26(32)9-6-10-35-25-14-22-21(13-24(25)34-3)27(33)31-20(15-28-22)12-18-7-4-5-8-23(18)31;1-16(2,23-21-4)9-17-15(20)14-8-11-7-12(18(3)10-19)5-6-13(11)22-14/h4-5,7-8,11,13-16,20H,6,9-10,12H2,1-3H3,(H,29,32);5-8,10H,9H2,1-4H3,(H,17,20). The van der Waals surface area contributed by atoms with E-state index < -0.39 is 0 Å². The van der Waals surface area contributed by atoms with Crippen LogP contribution in [0.4, 0.5) is 22.7 Å². The molecule has 12 nitrogen and oxygen atoms in total. The minimum absolute atomic E-state index is 0.00833. The first-order valence-corrected chi connectivity index (χ1v) is 22.1. The van der Waals surface area contributed by atoms with Crippen LogP contribution in [0.3, 0.4) is 0 Å². The van der Waals surface area contributed by atoms with Gasteiger partial charge >= 0.3 is 0 Å². The van der Waals surface area contributed by atoms with Crippen LogP contribution >= 0.6 is 32.9 Å². The summed E-state index contributed by atoms with van der Waals surface area (Å²) in [6, 6.07) is 20.8. The van der Waals surface area contributed by atoms with Crippen molar-refractivity contribution in [3.63, 3.8) is 0 Å². The highest BCUT2D eigenvalue weighted by atomic mass is 33.1. The molecule has 0 bridgehead atoms. The molecule has 2 aliphatic heterocycles. The van der Waals surface area contributed by atoms with Crippen LogP contribution in [0.1, 0.15) is 58.0 Å². The van der Waals surface area contributed by atoms with Gasteiger partial charge in [-0.05, 0) is 86.9 Å². The summed E-state index contributed by atoms with van der Waals surface area (Å²) in [5, 5.41) is 6.88. The topological polar surface area (TPSA) is 135 Å². The summed E-state index contributed by atoms with van der Waals surface area (Å²) in [7, 11) is 8.64. The van der Waals surface area contributed by atoms with Gasteiger partial charge in [0.05, 0.1) is 41.6 Å². The third kappa shape index (κ3) is 9.88. The fraction of sp³-hybridized carbons (Fsp3) is 0.326. The third-order valence-corrected chi connectivity index (χ3v) is 13.5. The number of nitrogens with one attached hydrogen (secondary N) is 2. The predicted octanol–water partition coefficient (Wildman–Crippen LogP) is 8.44. The first-order chi connectivity index (χ1) is 27.8. The van der Waals surface area contributed by atoms with Gasteiger partial charge in [-0.15, -0.1) is 11.3 Å². The molecule has 4 amide bonds. The number of methoxy groups -OCH3 is 1. The second-order valence-corrected chi connectivity index (χ2v) is 18.8. The van der Waals surface area contributed by atoms with Gasteiger partial charge in [-0.2, -0.15) is 0 Å². The number of fused-ring (bicyclic) bond motifs is 5. The molecule has 7 rings (SSSR count). The maximum absolute atomic E-state index is 13.5. The average molecular weight is 841 g/mol. The van der Waals surface area contributed by atoms with Crippen molar-refractivity contribution < 1.29 is 28.7 Å². The van der Waals surface area contributed by atoms with Gasteiger partial charge in [-0.3, -0.25) is 29.1 Å². The van der Waals surface area contributed by atoms with Crippen molar-refractivity contribution in [1.29, 1.82) is 0 Å². The Balaban J connectivity index is 0.000000214. The Bertz CT molecular complexity index is 2330. The monoisotopic (exact) mass is 840 g/mol. The van der Waals surface area contributed by atoms with Gasteiger partial charge in [0.15, 0.2) is 11.5 Å². The van der Waals surface area contributed by atoms with Crippen LogP contribution in [0.25, 0.3) is 10.1 Å². The van der Waals surface area contributed by atoms with Gasteiger partial charge in [-0.25, -0.2) is 0 Å². The van der Waals surface area contributed by atoms with Crippen molar-refractivity contribution in [3.05, 3.63) is 94.6 Å². The van der Waals surface area contributed by atoms with E-state index in [1.807, 2.05) is 91.8 Å². The number of aryl methyl sites for hydroxylation is 2. The molecule has 58 heavy (non-hydrogen) atoms. The zero-order valence-electron chi connectivity index (χ0n) is 33.7. The SMILES string of the molecule is COc1cc2c(cc1OCCCC(=O)Nc1cc(C)n(C)c1)N=CC1Cc3ccccc3N1C2=O.CSSC(C)(C)CNC(=O)c1cc2cc(N(C)C=O)ccc2s1. The molecule has 304 valence electrons. The molecule has 0 radical (unpaired) electrons. The molecule has 0 aliphatic carbocycles. The highest BCUT2D eigenvalue weighted by Crippen LogP contribution is 2.41. The summed E-state index contributed by atoms with van der Waals surface area (Å²) in [5.74, 6) is 0.737. The third-order valence-electron chi connectivity index (χ3n) is 9.74. The largest absolute Gasteiger partial charge is 0.493 e. The molecular weight excluding hydrogens is 793 g/mol. The van der Waals surface area contributed by atoms with Crippen LogP contribution in [0.5, 0.6) is 11.5 Å². The average Bonchev–Trinajstić information content (AvgIpc) is 3.88. The lowest BCUT2D eigenvalue weighted by Crippen LogP contribution is -2.37. The van der Waals surface area contributed by atoms with Crippen molar-refractivity contribution in [2.24, 2.45) is 12.0 Å². The number of rotatable bonds is 14. The number of carbonyl (C=O) groups is 4. The molecule has 0 fully saturated rings. The zero-order chi connectivity index (χ0) is 41.6. The van der Waals surface area contributed by atoms with E-state index in [1.54, 1.807) is 52.8 Å². The Morgan fingerprint density at radius 2 is 1.90 bits per heavy atom. The number of nitrogens with zero attached hydrogens (tertiary/aromatic N) is 4. The lowest BCUT2D eigenvalue weighted by molar-refractivity contribution is -0.116. The predicted molar refractivity (Wildman–Crippen MR) is 239 cm³/mol. The second kappa shape index (κ2) is 18.6. The van der Waals surface area contributed by atoms with Crippen LogP contribution in [0, 0.1) is 6.92 Å². The normalized spacial score (nSPS) is 14.1. The summed E-state index contributed by atoms with van der Waals surface area (Å²) in [6.07, 6.45) is 8.12. The number of para-hydroxylation sites is 1. The zero-order valence-corrected chi connectivity index (χ0v) is 36.1. The minimum Gasteiger partial charge on any atom is -0.493 e. The van der Waals surface area contributed by atoms with Gasteiger partial charge in [0.1, 0.15) is 0 Å². The van der Waals surface area contributed by atoms with Gasteiger partial charge in [0, 0.05) is 78.5 Å². The molecule has 4 heterocycles. The molecular formula is C43H48N6O6S3. The Kier molecular flexibility index (Phi) is 13.6. The quantitative estimate of drug-likeness (QED) is 0.0647. The maximum atomic E-state index is 13.5. The molecule has 0 saturated carbocycles. The van der Waals surface area contributed by atoms with Crippen molar-refractivity contribution in [3.8, 4) is 11.5 Å². The molecule has 0 spiro atoms. The number of benzene rings is 3. The Labute approximate surface area is 350 Å². The van der Waals surface area contributed by atoms with Crippen molar-refractivity contribution >= 4 is 96.1 Å². The summed E-state index contributed by atoms with van der Waals surface area (Å²) in [5.41, 5.74) is 5.76. The van der Waals surface area contributed by atoms with E-state index in [2.05, 4.69) is 29.5 Å². The molecule has 15 heteroatoms. The number of aromatic nitrogens is 1. The van der Waals surface area contributed by atoms with E-state index in [-0.39, 0.29) is 28.5 Å². The van der Waals surface area contributed by atoms with Crippen LogP contribution in [-0.2, 0) is 23.1 Å². The number of hydrogen-bond acceptors (Lipinski definition) is 10. The van der Waals surface area contributed by atoms with E-state index in [4.69, 9.17) is 9.47 Å². The Hall–Kier alpha value is -5.25. The van der Waals surface area contributed by atoms with Crippen LogP contribution in [-0.4, -0.2) is 79.3 Å². The number of anilines is 3. The lowest BCUT2D eigenvalue weighted by Gasteiger charge is -2.22. The van der Waals surface area contributed by atoms with E-state index in [9.17, 15) is 19.2 Å². The van der Waals surface area contributed by atoms with E-state index in [0.717, 1.165) is 51.2 Å². The minimum atomic E-state index is -0.116. The Morgan fingerprint density at radius 3 is 2.62 bits per heavy atom. The fourth-order valence-electron chi connectivity index (χ4n) is 6.63. The lowest BCUT2D eigenvalue weighted by atomic mass is 10.1. The first-order valence-electron chi connectivity index (χ1n) is 18.8. The number of thiophene rings is 1. The Morgan fingerprint density at radius 1 is 1.10 bits per heavy atom.